The van der Waals surface area contributed by atoms with Gasteiger partial charge in [-0.3, -0.25) is 9.48 Å². The van der Waals surface area contributed by atoms with Gasteiger partial charge in [0, 0.05) is 19.2 Å². The third-order valence-electron chi connectivity index (χ3n) is 2.05. The second kappa shape index (κ2) is 5.35. The van der Waals surface area contributed by atoms with Gasteiger partial charge in [0.25, 0.3) is 0 Å². The maximum Gasteiger partial charge on any atom is 0.148 e. The minimum atomic E-state index is 0.275. The van der Waals surface area contributed by atoms with Crippen molar-refractivity contribution in [3.05, 3.63) is 17.5 Å². The summed E-state index contributed by atoms with van der Waals surface area (Å²) in [6.07, 6.45) is 0.497. The maximum absolute atomic E-state index is 11.6. The van der Waals surface area contributed by atoms with Crippen molar-refractivity contribution in [1.29, 1.82) is 0 Å². The Balaban J connectivity index is 2.48. The Kier molecular flexibility index (Phi) is 4.39. The highest BCUT2D eigenvalue weighted by molar-refractivity contribution is 8.00. The second-order valence-corrected chi connectivity index (χ2v) is 5.54. The van der Waals surface area contributed by atoms with E-state index >= 15 is 0 Å². The molecule has 0 aliphatic carbocycles. The molecule has 84 valence electrons. The number of thioether (sulfide) groups is 1. The van der Waals surface area contributed by atoms with Gasteiger partial charge in [0.2, 0.25) is 0 Å². The van der Waals surface area contributed by atoms with Crippen LogP contribution in [0.3, 0.4) is 0 Å². The van der Waals surface area contributed by atoms with Crippen molar-refractivity contribution >= 4 is 17.5 Å². The third kappa shape index (κ3) is 4.08. The van der Waals surface area contributed by atoms with Gasteiger partial charge in [0.1, 0.15) is 5.78 Å². The normalized spacial score (nSPS) is 11.0. The molecule has 1 rings (SSSR count). The molecule has 15 heavy (non-hydrogen) atoms. The van der Waals surface area contributed by atoms with Crippen LogP contribution in [0.1, 0.15) is 25.2 Å². The number of carbonyl (C=O) groups excluding carboxylic acids is 1. The van der Waals surface area contributed by atoms with Crippen LogP contribution in [0, 0.1) is 6.92 Å². The molecule has 0 saturated heterocycles. The van der Waals surface area contributed by atoms with Gasteiger partial charge in [-0.2, -0.15) is 16.9 Å². The van der Waals surface area contributed by atoms with Crippen LogP contribution in [0.4, 0.5) is 0 Å². The topological polar surface area (TPSA) is 34.9 Å². The van der Waals surface area contributed by atoms with Crippen LogP contribution in [0.5, 0.6) is 0 Å². The van der Waals surface area contributed by atoms with Crippen LogP contribution in [-0.2, 0) is 18.3 Å². The summed E-state index contributed by atoms with van der Waals surface area (Å²) < 4.78 is 1.78. The van der Waals surface area contributed by atoms with Crippen LogP contribution in [-0.4, -0.2) is 26.6 Å². The Labute approximate surface area is 95.2 Å². The molecule has 0 amide bonds. The van der Waals surface area contributed by atoms with E-state index in [0.29, 0.717) is 17.4 Å². The SMILES string of the molecule is Cc1cc(CC(=O)CSC(C)C)n(C)n1. The van der Waals surface area contributed by atoms with E-state index in [0.717, 1.165) is 11.4 Å². The third-order valence-corrected chi connectivity index (χ3v) is 3.21. The molecule has 0 saturated carbocycles. The summed E-state index contributed by atoms with van der Waals surface area (Å²) in [4.78, 5) is 11.6. The first-order valence-corrected chi connectivity index (χ1v) is 6.16. The van der Waals surface area contributed by atoms with Gasteiger partial charge in [-0.15, -0.1) is 0 Å². The van der Waals surface area contributed by atoms with E-state index in [9.17, 15) is 4.79 Å². The molecule has 0 N–H and O–H groups in total. The minimum absolute atomic E-state index is 0.275. The molecular formula is C11H18N2OS. The molecule has 1 heterocycles. The smallest absolute Gasteiger partial charge is 0.148 e. The predicted octanol–water partition coefficient (Wildman–Crippen LogP) is 1.98. The average Bonchev–Trinajstić information content (AvgIpc) is 2.42. The van der Waals surface area contributed by atoms with Crippen LogP contribution in [0.2, 0.25) is 0 Å². The van der Waals surface area contributed by atoms with E-state index < -0.39 is 0 Å². The van der Waals surface area contributed by atoms with Crippen LogP contribution < -0.4 is 0 Å². The number of aromatic nitrogens is 2. The van der Waals surface area contributed by atoms with Gasteiger partial charge in [-0.05, 0) is 18.2 Å². The number of rotatable bonds is 5. The number of Topliss-reactive ketones (excluding diaryl/α,β-unsaturated/α-hetero) is 1. The Morgan fingerprint density at radius 2 is 2.27 bits per heavy atom. The van der Waals surface area contributed by atoms with E-state index in [2.05, 4.69) is 18.9 Å². The highest BCUT2D eigenvalue weighted by atomic mass is 32.2. The Bertz CT molecular complexity index is 344. The molecule has 0 unspecified atom stereocenters. The van der Waals surface area contributed by atoms with Crippen molar-refractivity contribution in [2.24, 2.45) is 7.05 Å². The number of hydrogen-bond donors (Lipinski definition) is 0. The highest BCUT2D eigenvalue weighted by Gasteiger charge is 2.09. The van der Waals surface area contributed by atoms with Crippen LogP contribution in [0.15, 0.2) is 6.07 Å². The number of aryl methyl sites for hydroxylation is 2. The summed E-state index contributed by atoms with van der Waals surface area (Å²) >= 11 is 1.69. The predicted molar refractivity (Wildman–Crippen MR) is 64.3 cm³/mol. The lowest BCUT2D eigenvalue weighted by Crippen LogP contribution is -2.10. The monoisotopic (exact) mass is 226 g/mol. The lowest BCUT2D eigenvalue weighted by atomic mass is 10.2. The molecule has 1 aromatic rings. The average molecular weight is 226 g/mol. The van der Waals surface area contributed by atoms with E-state index in [-0.39, 0.29) is 5.78 Å². The van der Waals surface area contributed by atoms with Crippen molar-refractivity contribution in [2.75, 3.05) is 5.75 Å². The van der Waals surface area contributed by atoms with Gasteiger partial charge >= 0.3 is 0 Å². The van der Waals surface area contributed by atoms with Gasteiger partial charge in [0.15, 0.2) is 0 Å². The second-order valence-electron chi connectivity index (χ2n) is 3.98. The molecule has 0 bridgehead atoms. The molecule has 0 radical (unpaired) electrons. The zero-order chi connectivity index (χ0) is 11.4. The summed E-state index contributed by atoms with van der Waals surface area (Å²) in [5.74, 6) is 0.874. The van der Waals surface area contributed by atoms with E-state index in [1.807, 2.05) is 20.0 Å². The first kappa shape index (κ1) is 12.3. The van der Waals surface area contributed by atoms with Crippen molar-refractivity contribution in [3.8, 4) is 0 Å². The number of ketones is 1. The first-order valence-electron chi connectivity index (χ1n) is 5.12. The molecule has 3 nitrogen and oxygen atoms in total. The number of carbonyl (C=O) groups is 1. The molecule has 0 spiro atoms. The Morgan fingerprint density at radius 3 is 2.73 bits per heavy atom. The molecule has 0 aromatic carbocycles. The largest absolute Gasteiger partial charge is 0.298 e. The van der Waals surface area contributed by atoms with Crippen molar-refractivity contribution < 1.29 is 4.79 Å². The number of hydrogen-bond acceptors (Lipinski definition) is 3. The summed E-state index contributed by atoms with van der Waals surface area (Å²) in [6.45, 7) is 6.15. The van der Waals surface area contributed by atoms with Crippen molar-refractivity contribution in [1.82, 2.24) is 9.78 Å². The molecule has 0 aliphatic rings. The molecule has 0 fully saturated rings. The van der Waals surface area contributed by atoms with Gasteiger partial charge < -0.3 is 0 Å². The Morgan fingerprint density at radius 1 is 1.60 bits per heavy atom. The first-order chi connectivity index (χ1) is 6.99. The highest BCUT2D eigenvalue weighted by Crippen LogP contribution is 2.11. The minimum Gasteiger partial charge on any atom is -0.298 e. The van der Waals surface area contributed by atoms with E-state index in [1.165, 1.54) is 0 Å². The van der Waals surface area contributed by atoms with Gasteiger partial charge in [0.05, 0.1) is 11.4 Å². The fraction of sp³-hybridized carbons (Fsp3) is 0.636. The summed E-state index contributed by atoms with van der Waals surface area (Å²) in [6, 6.07) is 1.97. The zero-order valence-electron chi connectivity index (χ0n) is 9.78. The van der Waals surface area contributed by atoms with E-state index in [4.69, 9.17) is 0 Å². The van der Waals surface area contributed by atoms with Crippen LogP contribution >= 0.6 is 11.8 Å². The number of nitrogens with zero attached hydrogens (tertiary/aromatic N) is 2. The lowest BCUT2D eigenvalue weighted by molar-refractivity contribution is -0.116. The summed E-state index contributed by atoms with van der Waals surface area (Å²) in [7, 11) is 1.88. The van der Waals surface area contributed by atoms with E-state index in [1.54, 1.807) is 16.4 Å². The fourth-order valence-electron chi connectivity index (χ4n) is 1.34. The molecule has 4 heteroatoms. The quantitative estimate of drug-likeness (QED) is 0.770. The fourth-order valence-corrected chi connectivity index (χ4v) is 1.96. The Hall–Kier alpha value is -0.770. The molecule has 1 aromatic heterocycles. The summed E-state index contributed by atoms with van der Waals surface area (Å²) in [5.41, 5.74) is 1.97. The van der Waals surface area contributed by atoms with Gasteiger partial charge in [-0.25, -0.2) is 0 Å². The van der Waals surface area contributed by atoms with Gasteiger partial charge in [-0.1, -0.05) is 13.8 Å². The summed E-state index contributed by atoms with van der Waals surface area (Å²) in [5, 5.41) is 4.73. The molecule has 0 atom stereocenters. The van der Waals surface area contributed by atoms with Crippen molar-refractivity contribution in [3.63, 3.8) is 0 Å². The zero-order valence-corrected chi connectivity index (χ0v) is 10.6. The maximum atomic E-state index is 11.6. The molecule has 0 aliphatic heterocycles. The van der Waals surface area contributed by atoms with Crippen LogP contribution in [0.25, 0.3) is 0 Å². The van der Waals surface area contributed by atoms with Crippen molar-refractivity contribution in [2.45, 2.75) is 32.4 Å². The standard InChI is InChI=1S/C11H18N2OS/c1-8(2)15-7-11(14)6-10-5-9(3)12-13(10)4/h5,8H,6-7H2,1-4H3. The lowest BCUT2D eigenvalue weighted by Gasteiger charge is -2.04. The molecular weight excluding hydrogens is 208 g/mol.